The molecule has 0 bridgehead atoms. The molecule has 8 heteroatoms. The van der Waals surface area contributed by atoms with Gasteiger partial charge in [-0.3, -0.25) is 9.78 Å². The van der Waals surface area contributed by atoms with Crippen molar-refractivity contribution in [3.8, 4) is 11.1 Å². The van der Waals surface area contributed by atoms with E-state index in [4.69, 9.17) is 9.72 Å². The van der Waals surface area contributed by atoms with E-state index in [-0.39, 0.29) is 33.8 Å². The number of carbonyl (C=O) groups excluding carboxylic acids is 1. The smallest absolute Gasteiger partial charge is 0.388 e. The Morgan fingerprint density at radius 2 is 1.63 bits per heavy atom. The Balaban J connectivity index is 2.03. The third-order valence-corrected chi connectivity index (χ3v) is 9.30. The molecular formula is C35H41F4NO3. The second-order valence-corrected chi connectivity index (χ2v) is 13.6. The molecule has 3 unspecified atom stereocenters. The van der Waals surface area contributed by atoms with Gasteiger partial charge in [0.2, 0.25) is 0 Å². The molecule has 43 heavy (non-hydrogen) atoms. The Hall–Kier alpha value is -3.10. The van der Waals surface area contributed by atoms with Gasteiger partial charge in [0.25, 0.3) is 0 Å². The summed E-state index contributed by atoms with van der Waals surface area (Å²) in [5, 5.41) is 12.2. The number of hydrogen-bond acceptors (Lipinski definition) is 4. The number of fused-ring (bicyclic) bond motifs is 1. The molecule has 232 valence electrons. The topological polar surface area (TPSA) is 59.4 Å². The molecule has 0 aliphatic heterocycles. The molecule has 0 saturated heterocycles. The molecule has 0 spiro atoms. The highest BCUT2D eigenvalue weighted by molar-refractivity contribution is 6.14. The van der Waals surface area contributed by atoms with Crippen molar-refractivity contribution < 1.29 is 32.2 Å². The van der Waals surface area contributed by atoms with Crippen LogP contribution in [0.5, 0.6) is 0 Å². The number of rotatable bonds is 7. The van der Waals surface area contributed by atoms with E-state index in [0.717, 1.165) is 30.7 Å². The number of alkyl halides is 3. The van der Waals surface area contributed by atoms with Crippen LogP contribution in [-0.4, -0.2) is 23.0 Å². The van der Waals surface area contributed by atoms with Gasteiger partial charge in [0.05, 0.1) is 29.0 Å². The van der Waals surface area contributed by atoms with E-state index in [1.54, 1.807) is 19.1 Å². The monoisotopic (exact) mass is 599 g/mol. The Morgan fingerprint density at radius 1 is 1.05 bits per heavy atom. The summed E-state index contributed by atoms with van der Waals surface area (Å²) in [5.41, 5.74) is 1.29. The predicted molar refractivity (Wildman–Crippen MR) is 159 cm³/mol. The first kappa shape index (κ1) is 32.8. The van der Waals surface area contributed by atoms with Crippen molar-refractivity contribution in [2.45, 2.75) is 79.7 Å². The van der Waals surface area contributed by atoms with E-state index in [1.807, 2.05) is 0 Å². The quantitative estimate of drug-likeness (QED) is 0.217. The maximum absolute atomic E-state index is 14.3. The van der Waals surface area contributed by atoms with Crippen molar-refractivity contribution >= 4 is 5.78 Å². The van der Waals surface area contributed by atoms with E-state index >= 15 is 0 Å². The number of aliphatic hydroxyl groups excluding tert-OH is 1. The van der Waals surface area contributed by atoms with Crippen molar-refractivity contribution in [1.29, 1.82) is 0 Å². The first-order valence-electron chi connectivity index (χ1n) is 14.6. The Bertz CT molecular complexity index is 1470. The van der Waals surface area contributed by atoms with Gasteiger partial charge in [-0.05, 0) is 72.3 Å². The lowest BCUT2D eigenvalue weighted by Gasteiger charge is -2.46. The van der Waals surface area contributed by atoms with Gasteiger partial charge in [-0.1, -0.05) is 65.8 Å². The molecule has 1 heterocycles. The van der Waals surface area contributed by atoms with Crippen molar-refractivity contribution in [2.24, 2.45) is 22.7 Å². The minimum Gasteiger partial charge on any atom is -0.388 e. The molecule has 0 saturated carbocycles. The number of halogens is 4. The standard InChI is InChI=1S/C35H41F4NO3/c1-19(33(3,4)5)17-25-32(42)28-26(18-34(25,6)7)40-30(20(2)43-8)29(27(28)21-11-15-24(36)16-12-21)31(41)22-9-13-23(14-10-22)35(37,38)39/h9-16,19-20,25,32,42H,17-18H2,1-8H3/t19?,20?,25?,32-/m0/s1. The zero-order valence-corrected chi connectivity index (χ0v) is 26.1. The molecule has 1 aliphatic rings. The van der Waals surface area contributed by atoms with Crippen LogP contribution in [0.15, 0.2) is 48.5 Å². The Labute approximate surface area is 251 Å². The van der Waals surface area contributed by atoms with Gasteiger partial charge in [0, 0.05) is 29.5 Å². The number of benzene rings is 2. The summed E-state index contributed by atoms with van der Waals surface area (Å²) in [6, 6.07) is 9.71. The van der Waals surface area contributed by atoms with Crippen LogP contribution in [-0.2, 0) is 17.3 Å². The second kappa shape index (κ2) is 11.8. The normalized spacial score (nSPS) is 19.9. The summed E-state index contributed by atoms with van der Waals surface area (Å²) in [5.74, 6) is -0.948. The first-order valence-corrected chi connectivity index (χ1v) is 14.6. The molecule has 0 fully saturated rings. The Morgan fingerprint density at radius 3 is 2.14 bits per heavy atom. The van der Waals surface area contributed by atoms with Gasteiger partial charge in [-0.25, -0.2) is 4.39 Å². The van der Waals surface area contributed by atoms with Crippen LogP contribution >= 0.6 is 0 Å². The van der Waals surface area contributed by atoms with Gasteiger partial charge in [-0.15, -0.1) is 0 Å². The maximum Gasteiger partial charge on any atom is 0.416 e. The highest BCUT2D eigenvalue weighted by Gasteiger charge is 2.46. The number of hydrogen-bond donors (Lipinski definition) is 1. The maximum atomic E-state index is 14.3. The number of ketones is 1. The average molecular weight is 600 g/mol. The molecule has 2 aromatic carbocycles. The van der Waals surface area contributed by atoms with Crippen molar-refractivity contribution in [1.82, 2.24) is 4.98 Å². The van der Waals surface area contributed by atoms with E-state index < -0.39 is 35.5 Å². The van der Waals surface area contributed by atoms with Crippen molar-refractivity contribution in [3.05, 3.63) is 88.0 Å². The minimum absolute atomic E-state index is 0.00439. The molecule has 1 aromatic heterocycles. The SMILES string of the molecule is COC(C)c1nc2c(c(-c3ccc(F)cc3)c1C(=O)c1ccc(C(F)(F)F)cc1)[C@@H](O)C(CC(C)C(C)(C)C)C(C)(C)C2. The molecule has 4 atom stereocenters. The van der Waals surface area contributed by atoms with Crippen LogP contribution in [0.2, 0.25) is 0 Å². The largest absolute Gasteiger partial charge is 0.416 e. The Kier molecular flexibility index (Phi) is 8.98. The lowest BCUT2D eigenvalue weighted by Crippen LogP contribution is -2.40. The molecular weight excluding hydrogens is 558 g/mol. The van der Waals surface area contributed by atoms with E-state index in [2.05, 4.69) is 41.5 Å². The minimum atomic E-state index is -4.56. The summed E-state index contributed by atoms with van der Waals surface area (Å²) < 4.78 is 59.7. The average Bonchev–Trinajstić information content (AvgIpc) is 2.92. The lowest BCUT2D eigenvalue weighted by molar-refractivity contribution is -0.137. The van der Waals surface area contributed by atoms with E-state index in [9.17, 15) is 27.5 Å². The van der Waals surface area contributed by atoms with Gasteiger partial charge < -0.3 is 9.84 Å². The lowest BCUT2D eigenvalue weighted by atomic mass is 9.61. The zero-order valence-electron chi connectivity index (χ0n) is 26.1. The number of nitrogens with zero attached hydrogens (tertiary/aromatic N) is 1. The summed E-state index contributed by atoms with van der Waals surface area (Å²) in [7, 11) is 1.48. The van der Waals surface area contributed by atoms with E-state index in [1.165, 1.54) is 19.2 Å². The first-order chi connectivity index (χ1) is 19.9. The molecule has 0 radical (unpaired) electrons. The summed E-state index contributed by atoms with van der Waals surface area (Å²) in [6.07, 6.45) is -4.97. The summed E-state index contributed by atoms with van der Waals surface area (Å²) >= 11 is 0. The summed E-state index contributed by atoms with van der Waals surface area (Å²) in [6.45, 7) is 14.6. The van der Waals surface area contributed by atoms with Crippen LogP contribution in [0.1, 0.15) is 106 Å². The third-order valence-electron chi connectivity index (χ3n) is 9.30. The fraction of sp³-hybridized carbons (Fsp3) is 0.486. The van der Waals surface area contributed by atoms with Gasteiger partial charge >= 0.3 is 6.18 Å². The molecule has 1 aliphatic carbocycles. The van der Waals surface area contributed by atoms with E-state index in [0.29, 0.717) is 34.5 Å². The fourth-order valence-corrected chi connectivity index (χ4v) is 6.00. The molecule has 1 N–H and O–H groups in total. The van der Waals surface area contributed by atoms with Gasteiger partial charge in [0.1, 0.15) is 5.82 Å². The third kappa shape index (κ3) is 6.55. The number of carbonyl (C=O) groups is 1. The van der Waals surface area contributed by atoms with Crippen molar-refractivity contribution in [3.63, 3.8) is 0 Å². The molecule has 3 aromatic rings. The van der Waals surface area contributed by atoms with Crippen LogP contribution in [0.25, 0.3) is 11.1 Å². The van der Waals surface area contributed by atoms with Crippen LogP contribution in [0.3, 0.4) is 0 Å². The predicted octanol–water partition coefficient (Wildman–Crippen LogP) is 9.15. The number of pyridine rings is 1. The van der Waals surface area contributed by atoms with Gasteiger partial charge in [0.15, 0.2) is 5.78 Å². The van der Waals surface area contributed by atoms with Crippen molar-refractivity contribution in [2.75, 3.05) is 7.11 Å². The highest BCUT2D eigenvalue weighted by Crippen LogP contribution is 2.53. The highest BCUT2D eigenvalue weighted by atomic mass is 19.4. The fourth-order valence-electron chi connectivity index (χ4n) is 6.00. The van der Waals surface area contributed by atoms with Crippen LogP contribution < -0.4 is 0 Å². The van der Waals surface area contributed by atoms with Gasteiger partial charge in [-0.2, -0.15) is 13.2 Å². The number of ether oxygens (including phenoxy) is 1. The molecule has 4 rings (SSSR count). The number of methoxy groups -OCH3 is 1. The second-order valence-electron chi connectivity index (χ2n) is 13.6. The molecule has 0 amide bonds. The zero-order chi connectivity index (χ0) is 32.1. The number of aliphatic hydroxyl groups is 1. The summed E-state index contributed by atoms with van der Waals surface area (Å²) in [4.78, 5) is 19.2. The van der Waals surface area contributed by atoms with Crippen LogP contribution in [0, 0.1) is 28.5 Å². The molecule has 4 nitrogen and oxygen atoms in total. The number of aromatic nitrogens is 1. The van der Waals surface area contributed by atoms with Crippen LogP contribution in [0.4, 0.5) is 17.6 Å².